The molecule has 0 aromatic carbocycles. The van der Waals surface area contributed by atoms with Gasteiger partial charge in [0.15, 0.2) is 0 Å². The van der Waals surface area contributed by atoms with E-state index >= 15 is 0 Å². The first-order valence-electron chi connectivity index (χ1n) is 7.28. The summed E-state index contributed by atoms with van der Waals surface area (Å²) in [5.41, 5.74) is 0.537. The van der Waals surface area contributed by atoms with Crippen molar-refractivity contribution in [3.05, 3.63) is 0 Å². The number of carbonyl (C=O) groups excluding carboxylic acids is 2. The zero-order chi connectivity index (χ0) is 13.8. The van der Waals surface area contributed by atoms with E-state index < -0.39 is 0 Å². The topological polar surface area (TPSA) is 53.0 Å². The molecule has 1 aliphatic carbocycles. The molecule has 5 heteroatoms. The molecule has 0 aromatic rings. The lowest BCUT2D eigenvalue weighted by Gasteiger charge is -2.34. The summed E-state index contributed by atoms with van der Waals surface area (Å²) < 4.78 is 0. The molecule has 1 fully saturated rings. The number of rotatable bonds is 3. The number of hydrogen-bond donors (Lipinski definition) is 0. The molecule has 1 saturated carbocycles. The third-order valence-electron chi connectivity index (χ3n) is 4.07. The van der Waals surface area contributed by atoms with Crippen LogP contribution in [0.4, 0.5) is 0 Å². The van der Waals surface area contributed by atoms with Crippen LogP contribution in [0.25, 0.3) is 0 Å². The van der Waals surface area contributed by atoms with E-state index in [1.54, 1.807) is 7.05 Å². The highest BCUT2D eigenvalue weighted by atomic mass is 16.2. The number of carbonyl (C=O) groups is 2. The number of amides is 2. The smallest absolute Gasteiger partial charge is 0.270 e. The van der Waals surface area contributed by atoms with E-state index in [-0.39, 0.29) is 11.8 Å². The predicted octanol–water partition coefficient (Wildman–Crippen LogP) is 1.78. The summed E-state index contributed by atoms with van der Waals surface area (Å²) in [6.07, 6.45) is 6.76. The minimum absolute atomic E-state index is 0.0164. The van der Waals surface area contributed by atoms with Crippen molar-refractivity contribution in [3.8, 4) is 0 Å². The van der Waals surface area contributed by atoms with E-state index in [0.717, 1.165) is 19.4 Å². The Kier molecular flexibility index (Phi) is 4.56. The summed E-state index contributed by atoms with van der Waals surface area (Å²) in [5, 5.41) is 5.43. The molecule has 0 spiro atoms. The van der Waals surface area contributed by atoms with E-state index in [4.69, 9.17) is 0 Å². The highest BCUT2D eigenvalue weighted by Gasteiger charge is 2.29. The average molecular weight is 265 g/mol. The predicted molar refractivity (Wildman–Crippen MR) is 73.7 cm³/mol. The standard InChI is InChI=1S/C14H23N3O2/c1-3-17(11-7-5-4-6-8-11)14(19)12-9-10-13(18)16(2)15-12/h11H,3-10H2,1-2H3. The van der Waals surface area contributed by atoms with Gasteiger partial charge < -0.3 is 4.90 Å². The molecule has 1 heterocycles. The van der Waals surface area contributed by atoms with Crippen molar-refractivity contribution in [3.63, 3.8) is 0 Å². The maximum atomic E-state index is 12.5. The molecular weight excluding hydrogens is 242 g/mol. The summed E-state index contributed by atoms with van der Waals surface area (Å²) in [7, 11) is 1.62. The van der Waals surface area contributed by atoms with Gasteiger partial charge in [-0.2, -0.15) is 5.10 Å². The molecule has 2 aliphatic rings. The zero-order valence-corrected chi connectivity index (χ0v) is 11.9. The molecule has 0 radical (unpaired) electrons. The molecule has 2 rings (SSSR count). The second-order valence-corrected chi connectivity index (χ2v) is 5.35. The molecule has 2 amide bonds. The van der Waals surface area contributed by atoms with Crippen LogP contribution < -0.4 is 0 Å². The Hall–Kier alpha value is -1.39. The fourth-order valence-corrected chi connectivity index (χ4v) is 2.95. The van der Waals surface area contributed by atoms with E-state index in [0.29, 0.717) is 24.6 Å². The van der Waals surface area contributed by atoms with Crippen LogP contribution in [0.1, 0.15) is 51.9 Å². The number of nitrogens with zero attached hydrogens (tertiary/aromatic N) is 3. The summed E-state index contributed by atoms with van der Waals surface area (Å²) >= 11 is 0. The van der Waals surface area contributed by atoms with Gasteiger partial charge in [0.1, 0.15) is 5.71 Å². The number of hydrogen-bond acceptors (Lipinski definition) is 3. The fraction of sp³-hybridized carbons (Fsp3) is 0.786. The lowest BCUT2D eigenvalue weighted by molar-refractivity contribution is -0.131. The van der Waals surface area contributed by atoms with Gasteiger partial charge in [-0.25, -0.2) is 5.01 Å². The minimum Gasteiger partial charge on any atom is -0.335 e. The maximum Gasteiger partial charge on any atom is 0.270 e. The van der Waals surface area contributed by atoms with Gasteiger partial charge in [-0.05, 0) is 19.8 Å². The van der Waals surface area contributed by atoms with Crippen LogP contribution in [0.2, 0.25) is 0 Å². The molecule has 19 heavy (non-hydrogen) atoms. The monoisotopic (exact) mass is 265 g/mol. The van der Waals surface area contributed by atoms with Crippen molar-refractivity contribution in [2.75, 3.05) is 13.6 Å². The first-order valence-corrected chi connectivity index (χ1v) is 7.28. The van der Waals surface area contributed by atoms with Gasteiger partial charge >= 0.3 is 0 Å². The molecule has 0 saturated heterocycles. The normalized spacial score (nSPS) is 21.3. The molecule has 0 aromatic heterocycles. The Morgan fingerprint density at radius 2 is 2.00 bits per heavy atom. The van der Waals surface area contributed by atoms with Crippen LogP contribution in [-0.4, -0.2) is 47.1 Å². The largest absolute Gasteiger partial charge is 0.335 e. The molecule has 1 aliphatic heterocycles. The first kappa shape index (κ1) is 14.0. The Morgan fingerprint density at radius 1 is 1.32 bits per heavy atom. The van der Waals surface area contributed by atoms with Gasteiger partial charge in [0, 0.05) is 32.5 Å². The second kappa shape index (κ2) is 6.17. The average Bonchev–Trinajstić information content (AvgIpc) is 2.44. The summed E-state index contributed by atoms with van der Waals surface area (Å²) in [4.78, 5) is 25.9. The van der Waals surface area contributed by atoms with Crippen LogP contribution >= 0.6 is 0 Å². The van der Waals surface area contributed by atoms with E-state index in [2.05, 4.69) is 5.10 Å². The minimum atomic E-state index is -0.0164. The molecule has 5 nitrogen and oxygen atoms in total. The van der Waals surface area contributed by atoms with Crippen LogP contribution in [0.5, 0.6) is 0 Å². The third kappa shape index (κ3) is 3.14. The lowest BCUT2D eigenvalue weighted by Crippen LogP contribution is -2.46. The Labute approximate surface area is 114 Å². The maximum absolute atomic E-state index is 12.5. The van der Waals surface area contributed by atoms with Crippen LogP contribution in [0, 0.1) is 0 Å². The van der Waals surface area contributed by atoms with E-state index in [1.165, 1.54) is 24.3 Å². The highest BCUT2D eigenvalue weighted by Crippen LogP contribution is 2.23. The zero-order valence-electron chi connectivity index (χ0n) is 11.9. The van der Waals surface area contributed by atoms with Gasteiger partial charge in [-0.1, -0.05) is 19.3 Å². The van der Waals surface area contributed by atoms with Crippen molar-refractivity contribution in [1.29, 1.82) is 0 Å². The number of hydrazone groups is 1. The van der Waals surface area contributed by atoms with Gasteiger partial charge in [-0.15, -0.1) is 0 Å². The Bertz CT molecular complexity index is 386. The summed E-state index contributed by atoms with van der Waals surface area (Å²) in [6, 6.07) is 0.358. The molecule has 0 bridgehead atoms. The van der Waals surface area contributed by atoms with E-state index in [9.17, 15) is 9.59 Å². The molecule has 106 valence electrons. The summed E-state index contributed by atoms with van der Waals surface area (Å²) in [5.74, 6) is 0.00557. The lowest BCUT2D eigenvalue weighted by atomic mass is 9.93. The van der Waals surface area contributed by atoms with Crippen LogP contribution in [0.3, 0.4) is 0 Å². The summed E-state index contributed by atoms with van der Waals surface area (Å²) in [6.45, 7) is 2.74. The molecule has 0 N–H and O–H groups in total. The molecule has 0 atom stereocenters. The first-order chi connectivity index (χ1) is 9.13. The van der Waals surface area contributed by atoms with Crippen molar-refractivity contribution in [1.82, 2.24) is 9.91 Å². The van der Waals surface area contributed by atoms with Gasteiger partial charge in [0.2, 0.25) is 5.91 Å². The molecule has 0 unspecified atom stereocenters. The van der Waals surface area contributed by atoms with Crippen LogP contribution in [-0.2, 0) is 9.59 Å². The Balaban J connectivity index is 2.08. The SMILES string of the molecule is CCN(C(=O)C1=NN(C)C(=O)CC1)C1CCCCC1. The van der Waals surface area contributed by atoms with Gasteiger partial charge in [0.25, 0.3) is 5.91 Å². The fourth-order valence-electron chi connectivity index (χ4n) is 2.95. The van der Waals surface area contributed by atoms with Gasteiger partial charge in [-0.3, -0.25) is 9.59 Å². The Morgan fingerprint density at radius 3 is 2.58 bits per heavy atom. The van der Waals surface area contributed by atoms with E-state index in [1.807, 2.05) is 11.8 Å². The highest BCUT2D eigenvalue weighted by molar-refractivity contribution is 6.39. The van der Waals surface area contributed by atoms with Crippen molar-refractivity contribution in [2.24, 2.45) is 5.10 Å². The van der Waals surface area contributed by atoms with Crippen molar-refractivity contribution in [2.45, 2.75) is 57.9 Å². The third-order valence-corrected chi connectivity index (χ3v) is 4.07. The van der Waals surface area contributed by atoms with Crippen molar-refractivity contribution >= 4 is 17.5 Å². The second-order valence-electron chi connectivity index (χ2n) is 5.35. The van der Waals surface area contributed by atoms with Crippen LogP contribution in [0.15, 0.2) is 5.10 Å². The molecular formula is C14H23N3O2. The van der Waals surface area contributed by atoms with Gasteiger partial charge in [0.05, 0.1) is 0 Å². The quantitative estimate of drug-likeness (QED) is 0.781. The van der Waals surface area contributed by atoms with Crippen molar-refractivity contribution < 1.29 is 9.59 Å².